The SMILES string of the molecule is CCNC(=O)CCn1cncc1CCN. The van der Waals surface area contributed by atoms with E-state index < -0.39 is 0 Å². The number of carbonyl (C=O) groups is 1. The highest BCUT2D eigenvalue weighted by molar-refractivity contribution is 5.75. The molecule has 0 radical (unpaired) electrons. The van der Waals surface area contributed by atoms with Crippen LogP contribution in [0.5, 0.6) is 0 Å². The van der Waals surface area contributed by atoms with E-state index in [1.54, 1.807) is 12.5 Å². The summed E-state index contributed by atoms with van der Waals surface area (Å²) in [6.45, 7) is 3.86. The molecule has 0 saturated heterocycles. The van der Waals surface area contributed by atoms with E-state index in [1.165, 1.54) is 0 Å². The van der Waals surface area contributed by atoms with Crippen molar-refractivity contribution in [3.63, 3.8) is 0 Å². The molecular weight excluding hydrogens is 192 g/mol. The summed E-state index contributed by atoms with van der Waals surface area (Å²) in [5.41, 5.74) is 6.56. The summed E-state index contributed by atoms with van der Waals surface area (Å²) >= 11 is 0. The lowest BCUT2D eigenvalue weighted by molar-refractivity contribution is -0.121. The van der Waals surface area contributed by atoms with Crippen molar-refractivity contribution in [3.8, 4) is 0 Å². The predicted molar refractivity (Wildman–Crippen MR) is 58.3 cm³/mol. The van der Waals surface area contributed by atoms with Crippen molar-refractivity contribution in [2.24, 2.45) is 5.73 Å². The molecular formula is C10H18N4O. The largest absolute Gasteiger partial charge is 0.356 e. The number of hydrogen-bond acceptors (Lipinski definition) is 3. The number of nitrogens with two attached hydrogens (primary N) is 1. The van der Waals surface area contributed by atoms with E-state index in [1.807, 2.05) is 11.5 Å². The van der Waals surface area contributed by atoms with Crippen LogP contribution in [0.1, 0.15) is 19.0 Å². The maximum atomic E-state index is 11.2. The van der Waals surface area contributed by atoms with Crippen molar-refractivity contribution in [1.82, 2.24) is 14.9 Å². The summed E-state index contributed by atoms with van der Waals surface area (Å²) in [7, 11) is 0. The molecule has 1 aromatic rings. The maximum Gasteiger partial charge on any atom is 0.221 e. The number of carbonyl (C=O) groups excluding carboxylic acids is 1. The van der Waals surface area contributed by atoms with E-state index in [9.17, 15) is 4.79 Å². The summed E-state index contributed by atoms with van der Waals surface area (Å²) < 4.78 is 1.97. The third-order valence-electron chi connectivity index (χ3n) is 2.15. The van der Waals surface area contributed by atoms with Crippen molar-refractivity contribution in [1.29, 1.82) is 0 Å². The van der Waals surface area contributed by atoms with Crippen molar-refractivity contribution in [2.45, 2.75) is 26.3 Å². The molecule has 1 amide bonds. The van der Waals surface area contributed by atoms with Gasteiger partial charge in [-0.15, -0.1) is 0 Å². The number of amides is 1. The second-order valence-corrected chi connectivity index (χ2v) is 3.32. The lowest BCUT2D eigenvalue weighted by Gasteiger charge is -2.06. The van der Waals surface area contributed by atoms with E-state index in [2.05, 4.69) is 10.3 Å². The molecule has 5 nitrogen and oxygen atoms in total. The summed E-state index contributed by atoms with van der Waals surface area (Å²) in [6, 6.07) is 0. The third kappa shape index (κ3) is 3.71. The molecule has 3 N–H and O–H groups in total. The number of aryl methyl sites for hydroxylation is 1. The van der Waals surface area contributed by atoms with Crippen LogP contribution >= 0.6 is 0 Å². The van der Waals surface area contributed by atoms with Crippen LogP contribution in [-0.2, 0) is 17.8 Å². The topological polar surface area (TPSA) is 72.9 Å². The first-order valence-electron chi connectivity index (χ1n) is 5.23. The fourth-order valence-corrected chi connectivity index (χ4v) is 1.41. The van der Waals surface area contributed by atoms with Gasteiger partial charge in [-0.2, -0.15) is 0 Å². The van der Waals surface area contributed by atoms with E-state index in [0.29, 0.717) is 26.1 Å². The van der Waals surface area contributed by atoms with Crippen LogP contribution in [0.15, 0.2) is 12.5 Å². The third-order valence-corrected chi connectivity index (χ3v) is 2.15. The molecule has 1 aromatic heterocycles. The molecule has 0 bridgehead atoms. The molecule has 0 aliphatic heterocycles. The lowest BCUT2D eigenvalue weighted by atomic mass is 10.3. The van der Waals surface area contributed by atoms with Crippen LogP contribution in [0.3, 0.4) is 0 Å². The molecule has 0 aliphatic rings. The first-order chi connectivity index (χ1) is 7.27. The van der Waals surface area contributed by atoms with Gasteiger partial charge in [-0.3, -0.25) is 4.79 Å². The standard InChI is InChI=1S/C10H18N4O/c1-2-13-10(15)4-6-14-8-12-7-9(14)3-5-11/h7-8H,2-6,11H2,1H3,(H,13,15). The van der Waals surface area contributed by atoms with Gasteiger partial charge < -0.3 is 15.6 Å². The molecule has 0 saturated carbocycles. The summed E-state index contributed by atoms with van der Waals surface area (Å²) in [5.74, 6) is 0.0740. The number of rotatable bonds is 6. The van der Waals surface area contributed by atoms with Crippen LogP contribution in [0.4, 0.5) is 0 Å². The van der Waals surface area contributed by atoms with Gasteiger partial charge in [0.25, 0.3) is 0 Å². The second kappa shape index (κ2) is 6.19. The number of hydrogen-bond donors (Lipinski definition) is 2. The average Bonchev–Trinajstić information content (AvgIpc) is 2.64. The van der Waals surface area contributed by atoms with Gasteiger partial charge >= 0.3 is 0 Å². The number of nitrogens with one attached hydrogen (secondary N) is 1. The van der Waals surface area contributed by atoms with E-state index in [4.69, 9.17) is 5.73 Å². The Bertz CT molecular complexity index is 308. The minimum atomic E-state index is 0.0740. The predicted octanol–water partition coefficient (Wildman–Crippen LogP) is -0.0895. The summed E-state index contributed by atoms with van der Waals surface area (Å²) in [4.78, 5) is 15.3. The van der Waals surface area contributed by atoms with Crippen molar-refractivity contribution >= 4 is 5.91 Å². The molecule has 1 heterocycles. The first-order valence-corrected chi connectivity index (χ1v) is 5.23. The quantitative estimate of drug-likeness (QED) is 0.689. The molecule has 0 fully saturated rings. The van der Waals surface area contributed by atoms with Gasteiger partial charge in [-0.05, 0) is 13.5 Å². The first kappa shape index (κ1) is 11.7. The van der Waals surface area contributed by atoms with Gasteiger partial charge in [0.1, 0.15) is 0 Å². The van der Waals surface area contributed by atoms with E-state index >= 15 is 0 Å². The van der Waals surface area contributed by atoms with Gasteiger partial charge in [0, 0.05) is 37.8 Å². The summed E-state index contributed by atoms with van der Waals surface area (Å²) in [6.07, 6.45) is 4.83. The molecule has 0 aromatic carbocycles. The lowest BCUT2D eigenvalue weighted by Crippen LogP contribution is -2.24. The van der Waals surface area contributed by atoms with Crippen LogP contribution in [0.25, 0.3) is 0 Å². The Kier molecular flexibility index (Phi) is 4.83. The Morgan fingerprint density at radius 2 is 2.47 bits per heavy atom. The number of nitrogens with zero attached hydrogens (tertiary/aromatic N) is 2. The number of aromatic nitrogens is 2. The highest BCUT2D eigenvalue weighted by Crippen LogP contribution is 2.01. The maximum absolute atomic E-state index is 11.2. The molecule has 15 heavy (non-hydrogen) atoms. The van der Waals surface area contributed by atoms with Crippen molar-refractivity contribution in [2.75, 3.05) is 13.1 Å². The molecule has 84 valence electrons. The van der Waals surface area contributed by atoms with Gasteiger partial charge in [0.2, 0.25) is 5.91 Å². The minimum absolute atomic E-state index is 0.0740. The second-order valence-electron chi connectivity index (χ2n) is 3.32. The van der Waals surface area contributed by atoms with Crippen molar-refractivity contribution < 1.29 is 4.79 Å². The van der Waals surface area contributed by atoms with Crippen molar-refractivity contribution in [3.05, 3.63) is 18.2 Å². The fraction of sp³-hybridized carbons (Fsp3) is 0.600. The number of imidazole rings is 1. The van der Waals surface area contributed by atoms with Crippen LogP contribution in [-0.4, -0.2) is 28.5 Å². The zero-order valence-corrected chi connectivity index (χ0v) is 9.07. The molecule has 0 aliphatic carbocycles. The molecule has 0 unspecified atom stereocenters. The van der Waals surface area contributed by atoms with Gasteiger partial charge in [0.15, 0.2) is 0 Å². The highest BCUT2D eigenvalue weighted by atomic mass is 16.1. The Balaban J connectivity index is 2.42. The van der Waals surface area contributed by atoms with Crippen LogP contribution < -0.4 is 11.1 Å². The Morgan fingerprint density at radius 3 is 3.13 bits per heavy atom. The Labute approximate surface area is 89.7 Å². The fourth-order valence-electron chi connectivity index (χ4n) is 1.41. The normalized spacial score (nSPS) is 10.3. The zero-order valence-electron chi connectivity index (χ0n) is 9.07. The zero-order chi connectivity index (χ0) is 11.1. The van der Waals surface area contributed by atoms with Crippen LogP contribution in [0, 0.1) is 0 Å². The highest BCUT2D eigenvalue weighted by Gasteiger charge is 2.03. The summed E-state index contributed by atoms with van der Waals surface area (Å²) in [5, 5.41) is 2.76. The Hall–Kier alpha value is -1.36. The molecule has 1 rings (SSSR count). The van der Waals surface area contributed by atoms with E-state index in [0.717, 1.165) is 12.1 Å². The smallest absolute Gasteiger partial charge is 0.221 e. The monoisotopic (exact) mass is 210 g/mol. The van der Waals surface area contributed by atoms with Gasteiger partial charge in [0.05, 0.1) is 6.33 Å². The average molecular weight is 210 g/mol. The van der Waals surface area contributed by atoms with E-state index in [-0.39, 0.29) is 5.91 Å². The minimum Gasteiger partial charge on any atom is -0.356 e. The Morgan fingerprint density at radius 1 is 1.67 bits per heavy atom. The molecule has 0 spiro atoms. The van der Waals surface area contributed by atoms with Gasteiger partial charge in [-0.1, -0.05) is 0 Å². The van der Waals surface area contributed by atoms with Gasteiger partial charge in [-0.25, -0.2) is 4.98 Å². The van der Waals surface area contributed by atoms with Crippen LogP contribution in [0.2, 0.25) is 0 Å². The molecule has 0 atom stereocenters. The molecule has 5 heteroatoms.